The van der Waals surface area contributed by atoms with Gasteiger partial charge in [0.15, 0.2) is 0 Å². The first-order chi connectivity index (χ1) is 11.1. The average Bonchev–Trinajstić information content (AvgIpc) is 3.20. The maximum absolute atomic E-state index is 12.2. The lowest BCUT2D eigenvalue weighted by molar-refractivity contribution is 0.0906. The Morgan fingerprint density at radius 1 is 1.48 bits per heavy atom. The van der Waals surface area contributed by atoms with E-state index in [1.807, 2.05) is 24.6 Å². The van der Waals surface area contributed by atoms with Gasteiger partial charge in [0.25, 0.3) is 0 Å². The molecule has 0 saturated carbocycles. The number of carbonyl (C=O) groups is 1. The van der Waals surface area contributed by atoms with Crippen molar-refractivity contribution in [3.8, 4) is 0 Å². The lowest BCUT2D eigenvalue weighted by atomic mass is 10.1. The molecule has 124 valence electrons. The maximum Gasteiger partial charge on any atom is 0.323 e. The van der Waals surface area contributed by atoms with Crippen molar-refractivity contribution < 1.29 is 13.9 Å². The molecule has 1 aliphatic heterocycles. The van der Waals surface area contributed by atoms with Crippen molar-refractivity contribution in [2.75, 3.05) is 11.9 Å². The number of carbonyl (C=O) groups excluding carboxylic acids is 1. The highest BCUT2D eigenvalue weighted by atomic mass is 16.5. The predicted octanol–water partition coefficient (Wildman–Crippen LogP) is 2.16. The molecule has 0 unspecified atom stereocenters. The van der Waals surface area contributed by atoms with E-state index < -0.39 is 0 Å². The number of aromatic nitrogens is 3. The molecule has 2 amide bonds. The molecule has 2 aromatic rings. The first-order valence-electron chi connectivity index (χ1n) is 7.72. The van der Waals surface area contributed by atoms with Crippen LogP contribution in [0.4, 0.5) is 10.8 Å². The van der Waals surface area contributed by atoms with E-state index in [2.05, 4.69) is 20.6 Å². The summed E-state index contributed by atoms with van der Waals surface area (Å²) in [5, 5.41) is 5.53. The fourth-order valence-corrected chi connectivity index (χ4v) is 2.66. The molecule has 0 radical (unpaired) electrons. The van der Waals surface area contributed by atoms with E-state index >= 15 is 0 Å². The second-order valence-electron chi connectivity index (χ2n) is 5.52. The number of rotatable bonds is 4. The molecule has 1 aliphatic rings. The van der Waals surface area contributed by atoms with E-state index in [1.165, 1.54) is 0 Å². The highest BCUT2D eigenvalue weighted by molar-refractivity contribution is 5.87. The van der Waals surface area contributed by atoms with Gasteiger partial charge in [-0.15, -0.1) is 0 Å². The summed E-state index contributed by atoms with van der Waals surface area (Å²) in [6.07, 6.45) is 4.14. The lowest BCUT2D eigenvalue weighted by Crippen LogP contribution is -2.40. The van der Waals surface area contributed by atoms with Gasteiger partial charge in [0.05, 0.1) is 11.7 Å². The summed E-state index contributed by atoms with van der Waals surface area (Å²) in [5.41, 5.74) is 0.757. The quantitative estimate of drug-likeness (QED) is 0.900. The molecule has 2 N–H and O–H groups in total. The second kappa shape index (κ2) is 6.41. The van der Waals surface area contributed by atoms with Crippen LogP contribution in [0, 0.1) is 13.8 Å². The van der Waals surface area contributed by atoms with Crippen LogP contribution in [-0.2, 0) is 11.3 Å². The minimum atomic E-state index is -0.360. The van der Waals surface area contributed by atoms with Crippen LogP contribution in [0.5, 0.6) is 0 Å². The zero-order valence-electron chi connectivity index (χ0n) is 13.5. The number of anilines is 1. The Bertz CT molecular complexity index is 674. The van der Waals surface area contributed by atoms with Crippen molar-refractivity contribution in [3.05, 3.63) is 29.7 Å². The first-order valence-corrected chi connectivity index (χ1v) is 7.72. The summed E-state index contributed by atoms with van der Waals surface area (Å²) in [6.45, 7) is 7.07. The summed E-state index contributed by atoms with van der Waals surface area (Å²) in [6, 6.07) is -0.302. The third-order valence-corrected chi connectivity index (χ3v) is 4.00. The van der Waals surface area contributed by atoms with Crippen LogP contribution in [0.1, 0.15) is 36.7 Å². The Hall–Kier alpha value is -2.35. The monoisotopic (exact) mass is 319 g/mol. The number of ether oxygens (including phenoxy) is 1. The standard InChI is InChI=1S/C15H21N5O3/c1-4-20-7-6-16-13(20)12-11(5-8-22-12)18-14(21)19-15-17-9(2)10(3)23-15/h6-7,11-12H,4-5,8H2,1-3H3,(H2,17,18,19,21)/t11-,12-/m0/s1. The Morgan fingerprint density at radius 3 is 3.00 bits per heavy atom. The largest absolute Gasteiger partial charge is 0.428 e. The molecule has 1 saturated heterocycles. The molecular formula is C15H21N5O3. The van der Waals surface area contributed by atoms with Gasteiger partial charge in [-0.1, -0.05) is 0 Å². The van der Waals surface area contributed by atoms with Gasteiger partial charge < -0.3 is 19.0 Å². The van der Waals surface area contributed by atoms with E-state index in [0.29, 0.717) is 12.4 Å². The van der Waals surface area contributed by atoms with Crippen molar-refractivity contribution in [2.24, 2.45) is 0 Å². The Kier molecular flexibility index (Phi) is 4.33. The fraction of sp³-hybridized carbons (Fsp3) is 0.533. The number of urea groups is 1. The number of nitrogens with one attached hydrogen (secondary N) is 2. The molecule has 0 aliphatic carbocycles. The van der Waals surface area contributed by atoms with E-state index in [9.17, 15) is 4.79 Å². The van der Waals surface area contributed by atoms with E-state index in [-0.39, 0.29) is 24.2 Å². The van der Waals surface area contributed by atoms with E-state index in [1.54, 1.807) is 13.1 Å². The predicted molar refractivity (Wildman–Crippen MR) is 83.1 cm³/mol. The first kappa shape index (κ1) is 15.5. The molecule has 8 nitrogen and oxygen atoms in total. The third-order valence-electron chi connectivity index (χ3n) is 4.00. The Labute approximate surface area is 134 Å². The summed E-state index contributed by atoms with van der Waals surface area (Å²) < 4.78 is 13.1. The summed E-state index contributed by atoms with van der Waals surface area (Å²) in [7, 11) is 0. The third kappa shape index (κ3) is 3.21. The zero-order valence-corrected chi connectivity index (χ0v) is 13.5. The van der Waals surface area contributed by atoms with Crippen LogP contribution >= 0.6 is 0 Å². The molecular weight excluding hydrogens is 298 g/mol. The molecule has 0 spiro atoms. The molecule has 0 aromatic carbocycles. The number of hydrogen-bond donors (Lipinski definition) is 2. The van der Waals surface area contributed by atoms with Crippen molar-refractivity contribution in [1.29, 1.82) is 0 Å². The van der Waals surface area contributed by atoms with Crippen molar-refractivity contribution >= 4 is 12.0 Å². The van der Waals surface area contributed by atoms with Gasteiger partial charge in [0.2, 0.25) is 0 Å². The van der Waals surface area contributed by atoms with Crippen LogP contribution in [0.25, 0.3) is 0 Å². The summed E-state index contributed by atoms with van der Waals surface area (Å²) in [4.78, 5) is 20.6. The number of nitrogens with zero attached hydrogens (tertiary/aromatic N) is 3. The molecule has 2 atom stereocenters. The Morgan fingerprint density at radius 2 is 2.30 bits per heavy atom. The lowest BCUT2D eigenvalue weighted by Gasteiger charge is -2.20. The average molecular weight is 319 g/mol. The van der Waals surface area contributed by atoms with Gasteiger partial charge in [-0.25, -0.2) is 9.78 Å². The molecule has 23 heavy (non-hydrogen) atoms. The summed E-state index contributed by atoms with van der Waals surface area (Å²) in [5.74, 6) is 1.52. The normalized spacial score (nSPS) is 20.7. The topological polar surface area (TPSA) is 94.2 Å². The number of amides is 2. The van der Waals surface area contributed by atoms with Gasteiger partial charge in [0.1, 0.15) is 17.7 Å². The van der Waals surface area contributed by atoms with Crippen molar-refractivity contribution in [3.63, 3.8) is 0 Å². The van der Waals surface area contributed by atoms with Gasteiger partial charge >= 0.3 is 12.0 Å². The minimum Gasteiger partial charge on any atom is -0.428 e. The molecule has 0 bridgehead atoms. The Balaban J connectivity index is 1.65. The van der Waals surface area contributed by atoms with Gasteiger partial charge in [-0.2, -0.15) is 4.98 Å². The molecule has 3 rings (SSSR count). The van der Waals surface area contributed by atoms with Crippen LogP contribution in [0.2, 0.25) is 0 Å². The zero-order chi connectivity index (χ0) is 16.4. The smallest absolute Gasteiger partial charge is 0.323 e. The highest BCUT2D eigenvalue weighted by Crippen LogP contribution is 2.28. The van der Waals surface area contributed by atoms with Crippen LogP contribution in [-0.4, -0.2) is 33.2 Å². The summed E-state index contributed by atoms with van der Waals surface area (Å²) >= 11 is 0. The minimum absolute atomic E-state index is 0.139. The van der Waals surface area contributed by atoms with Gasteiger partial charge in [0, 0.05) is 25.5 Å². The molecule has 3 heterocycles. The number of hydrogen-bond acceptors (Lipinski definition) is 5. The number of imidazole rings is 1. The van der Waals surface area contributed by atoms with Crippen molar-refractivity contribution in [1.82, 2.24) is 19.9 Å². The van der Waals surface area contributed by atoms with Crippen LogP contribution < -0.4 is 10.6 Å². The van der Waals surface area contributed by atoms with E-state index in [4.69, 9.17) is 9.15 Å². The van der Waals surface area contributed by atoms with Crippen LogP contribution in [0.3, 0.4) is 0 Å². The number of aryl methyl sites for hydroxylation is 3. The molecule has 8 heteroatoms. The fourth-order valence-electron chi connectivity index (χ4n) is 2.66. The molecule has 2 aromatic heterocycles. The number of oxazole rings is 1. The van der Waals surface area contributed by atoms with Crippen LogP contribution in [0.15, 0.2) is 16.8 Å². The highest BCUT2D eigenvalue weighted by Gasteiger charge is 2.34. The molecule has 1 fully saturated rings. The maximum atomic E-state index is 12.2. The van der Waals surface area contributed by atoms with E-state index in [0.717, 1.165) is 24.5 Å². The van der Waals surface area contributed by atoms with Gasteiger partial charge in [-0.3, -0.25) is 5.32 Å². The van der Waals surface area contributed by atoms with Gasteiger partial charge in [-0.05, 0) is 27.2 Å². The van der Waals surface area contributed by atoms with Crippen molar-refractivity contribution in [2.45, 2.75) is 45.9 Å². The second-order valence-corrected chi connectivity index (χ2v) is 5.52. The SMILES string of the molecule is CCn1ccnc1[C@H]1OCC[C@@H]1NC(=O)Nc1nc(C)c(C)o1.